The highest BCUT2D eigenvalue weighted by atomic mass is 32.1. The quantitative estimate of drug-likeness (QED) is 0.154. The van der Waals surface area contributed by atoms with Crippen molar-refractivity contribution in [3.8, 4) is 5.75 Å². The first-order valence-corrected chi connectivity index (χ1v) is 14.0. The fourth-order valence-corrected chi connectivity index (χ4v) is 7.93. The summed E-state index contributed by atoms with van der Waals surface area (Å²) < 4.78 is 25.4. The van der Waals surface area contributed by atoms with E-state index in [1.54, 1.807) is 23.5 Å². The number of hydrogen-bond acceptors (Lipinski definition) is 3. The summed E-state index contributed by atoms with van der Waals surface area (Å²) in [7, 11) is 0. The van der Waals surface area contributed by atoms with Gasteiger partial charge in [0.1, 0.15) is 17.2 Å². The van der Waals surface area contributed by atoms with Crippen molar-refractivity contribution in [2.75, 3.05) is 6.61 Å². The number of esters is 1. The van der Waals surface area contributed by atoms with Crippen LogP contribution < -0.4 is 4.74 Å². The predicted molar refractivity (Wildman–Crippen MR) is 145 cm³/mol. The SMILES string of the molecule is Cc1ccc(C(=[S+]c2ccc(F)cc2)c2ccc(OCC(=O)OC3(C)C4CC5CC(C4)C3C5)cc2)cc1. The second kappa shape index (κ2) is 9.68. The third-order valence-corrected chi connectivity index (χ3v) is 9.88. The Balaban J connectivity index is 1.15. The van der Waals surface area contributed by atoms with E-state index in [4.69, 9.17) is 9.47 Å². The van der Waals surface area contributed by atoms with Crippen LogP contribution in [0.1, 0.15) is 49.3 Å². The zero-order valence-corrected chi connectivity index (χ0v) is 22.1. The van der Waals surface area contributed by atoms with Crippen LogP contribution in [0.3, 0.4) is 0 Å². The minimum absolute atomic E-state index is 0.0820. The lowest BCUT2D eigenvalue weighted by molar-refractivity contribution is -0.173. The molecule has 4 bridgehead atoms. The summed E-state index contributed by atoms with van der Waals surface area (Å²) in [5, 5.41) is 0. The largest absolute Gasteiger partial charge is 0.482 e. The summed E-state index contributed by atoms with van der Waals surface area (Å²) in [4.78, 5) is 14.8. The third kappa shape index (κ3) is 4.82. The first-order chi connectivity index (χ1) is 17.9. The van der Waals surface area contributed by atoms with Gasteiger partial charge in [-0.15, -0.1) is 0 Å². The zero-order chi connectivity index (χ0) is 25.6. The molecule has 4 fully saturated rings. The van der Waals surface area contributed by atoms with Crippen molar-refractivity contribution in [2.24, 2.45) is 23.7 Å². The number of halogens is 1. The smallest absolute Gasteiger partial charge is 0.344 e. The first kappa shape index (κ1) is 24.3. The van der Waals surface area contributed by atoms with Crippen LogP contribution in [0.2, 0.25) is 0 Å². The van der Waals surface area contributed by atoms with Gasteiger partial charge in [0, 0.05) is 29.2 Å². The topological polar surface area (TPSA) is 35.5 Å². The highest BCUT2D eigenvalue weighted by Gasteiger charge is 2.62. The Morgan fingerprint density at radius 2 is 1.59 bits per heavy atom. The molecule has 0 aliphatic heterocycles. The molecular formula is C32H32FO3S+. The summed E-state index contributed by atoms with van der Waals surface area (Å²) >= 11 is 1.60. The monoisotopic (exact) mass is 515 g/mol. The molecule has 5 atom stereocenters. The minimum atomic E-state index is -0.322. The number of aryl methyl sites for hydroxylation is 1. The molecular weight excluding hydrogens is 483 g/mol. The molecule has 5 heteroatoms. The van der Waals surface area contributed by atoms with Crippen molar-refractivity contribution in [3.63, 3.8) is 0 Å². The maximum Gasteiger partial charge on any atom is 0.344 e. The van der Waals surface area contributed by atoms with Crippen molar-refractivity contribution in [1.29, 1.82) is 0 Å². The highest BCUT2D eigenvalue weighted by Crippen LogP contribution is 2.63. The van der Waals surface area contributed by atoms with Crippen LogP contribution in [-0.4, -0.2) is 23.0 Å². The second-order valence-corrected chi connectivity index (χ2v) is 12.2. The summed E-state index contributed by atoms with van der Waals surface area (Å²) in [6.45, 7) is 4.13. The Bertz CT molecular complexity index is 1310. The number of rotatable bonds is 7. The molecule has 3 aromatic rings. The Morgan fingerprint density at radius 1 is 0.919 bits per heavy atom. The standard InChI is InChI=1S/C32H32FO3S/c1-20-3-5-22(6-4-20)31(37-28-13-9-26(33)10-14-28)23-7-11-27(12-8-23)35-19-30(34)36-32(2)25-16-21-15-24(18-25)29(32)17-21/h3-14,21,24-25,29H,15-19H2,1-2H3/q+1. The van der Waals surface area contributed by atoms with E-state index in [0.29, 0.717) is 17.6 Å². The molecule has 190 valence electrons. The highest BCUT2D eigenvalue weighted by molar-refractivity contribution is 7.79. The van der Waals surface area contributed by atoms with Crippen LogP contribution in [0.15, 0.2) is 77.7 Å². The predicted octanol–water partition coefficient (Wildman–Crippen LogP) is 6.59. The number of benzene rings is 3. The van der Waals surface area contributed by atoms with Gasteiger partial charge >= 0.3 is 5.97 Å². The fraction of sp³-hybridized carbons (Fsp3) is 0.375. The maximum absolute atomic E-state index is 13.4. The van der Waals surface area contributed by atoms with E-state index in [9.17, 15) is 9.18 Å². The normalized spacial score (nSPS) is 27.9. The van der Waals surface area contributed by atoms with Gasteiger partial charge in [-0.05, 0) is 106 Å². The minimum Gasteiger partial charge on any atom is -0.482 e. The van der Waals surface area contributed by atoms with Crippen LogP contribution in [0.25, 0.3) is 0 Å². The Labute approximate surface area is 222 Å². The van der Waals surface area contributed by atoms with Gasteiger partial charge in [0.15, 0.2) is 6.61 Å². The number of carbonyl (C=O) groups is 1. The Kier molecular flexibility index (Phi) is 6.36. The lowest BCUT2D eigenvalue weighted by atomic mass is 9.73. The average molecular weight is 516 g/mol. The molecule has 0 heterocycles. The lowest BCUT2D eigenvalue weighted by Gasteiger charge is -2.41. The van der Waals surface area contributed by atoms with Crippen molar-refractivity contribution in [3.05, 3.63) is 95.3 Å². The van der Waals surface area contributed by atoms with Crippen LogP contribution >= 0.6 is 0 Å². The molecule has 5 unspecified atom stereocenters. The van der Waals surface area contributed by atoms with Crippen LogP contribution in [-0.2, 0) is 20.9 Å². The van der Waals surface area contributed by atoms with Gasteiger partial charge in [0.25, 0.3) is 0 Å². The third-order valence-electron chi connectivity index (χ3n) is 8.70. The van der Waals surface area contributed by atoms with E-state index >= 15 is 0 Å². The van der Waals surface area contributed by atoms with Crippen LogP contribution in [0.5, 0.6) is 5.75 Å². The van der Waals surface area contributed by atoms with Crippen molar-refractivity contribution < 1.29 is 18.7 Å². The summed E-state index contributed by atoms with van der Waals surface area (Å²) in [6, 6.07) is 22.7. The van der Waals surface area contributed by atoms with Crippen LogP contribution in [0, 0.1) is 36.4 Å². The summed E-state index contributed by atoms with van der Waals surface area (Å²) in [5.74, 6) is 2.72. The molecule has 0 radical (unpaired) electrons. The van der Waals surface area contributed by atoms with E-state index in [0.717, 1.165) is 32.7 Å². The summed E-state index contributed by atoms with van der Waals surface area (Å²) in [5.41, 5.74) is 2.98. The molecule has 0 saturated heterocycles. The van der Waals surface area contributed by atoms with E-state index in [1.165, 1.54) is 43.4 Å². The lowest BCUT2D eigenvalue weighted by Crippen LogP contribution is -2.45. The molecule has 0 spiro atoms. The molecule has 3 nitrogen and oxygen atoms in total. The van der Waals surface area contributed by atoms with E-state index in [2.05, 4.69) is 38.1 Å². The molecule has 4 aliphatic carbocycles. The van der Waals surface area contributed by atoms with Crippen molar-refractivity contribution >= 4 is 22.2 Å². The van der Waals surface area contributed by atoms with E-state index in [1.807, 2.05) is 24.3 Å². The van der Waals surface area contributed by atoms with Gasteiger partial charge in [-0.1, -0.05) is 17.7 Å². The van der Waals surface area contributed by atoms with Gasteiger partial charge < -0.3 is 9.47 Å². The molecule has 0 N–H and O–H groups in total. The molecule has 0 amide bonds. The molecule has 4 saturated carbocycles. The van der Waals surface area contributed by atoms with Gasteiger partial charge in [-0.25, -0.2) is 9.18 Å². The Hall–Kier alpha value is -3.05. The van der Waals surface area contributed by atoms with E-state index in [-0.39, 0.29) is 24.0 Å². The molecule has 3 aromatic carbocycles. The number of carbonyl (C=O) groups excluding carboxylic acids is 1. The average Bonchev–Trinajstić information content (AvgIpc) is 3.29. The van der Waals surface area contributed by atoms with Crippen LogP contribution in [0.4, 0.5) is 4.39 Å². The van der Waals surface area contributed by atoms with Gasteiger partial charge in [0.2, 0.25) is 21.1 Å². The van der Waals surface area contributed by atoms with Gasteiger partial charge in [-0.2, -0.15) is 0 Å². The Morgan fingerprint density at radius 3 is 2.27 bits per heavy atom. The van der Waals surface area contributed by atoms with Gasteiger partial charge in [0.05, 0.1) is 0 Å². The maximum atomic E-state index is 13.4. The van der Waals surface area contributed by atoms with Gasteiger partial charge in [-0.3, -0.25) is 0 Å². The second-order valence-electron chi connectivity index (χ2n) is 11.1. The molecule has 0 aromatic heterocycles. The van der Waals surface area contributed by atoms with E-state index < -0.39 is 0 Å². The number of ether oxygens (including phenoxy) is 2. The zero-order valence-electron chi connectivity index (χ0n) is 21.3. The van der Waals surface area contributed by atoms with Crippen molar-refractivity contribution in [2.45, 2.75) is 50.0 Å². The van der Waals surface area contributed by atoms with Crippen molar-refractivity contribution in [1.82, 2.24) is 0 Å². The molecule has 37 heavy (non-hydrogen) atoms. The number of hydrogen-bond donors (Lipinski definition) is 0. The molecule has 4 aliphatic rings. The molecule has 7 rings (SSSR count). The fourth-order valence-electron chi connectivity index (χ4n) is 6.92. The first-order valence-electron chi connectivity index (χ1n) is 13.2. The summed E-state index contributed by atoms with van der Waals surface area (Å²) in [6.07, 6.45) is 4.94.